The molecule has 1 fully saturated rings. The maximum atomic E-state index is 13.1. The summed E-state index contributed by atoms with van der Waals surface area (Å²) < 4.78 is 13.1. The molecule has 1 aromatic carbocycles. The first-order valence-corrected chi connectivity index (χ1v) is 7.04. The van der Waals surface area contributed by atoms with E-state index in [-0.39, 0.29) is 11.7 Å². The molecule has 1 amide bonds. The third-order valence-corrected chi connectivity index (χ3v) is 4.00. The topological polar surface area (TPSA) is 54.9 Å². The number of nitrogens with zero attached hydrogens (tertiary/aromatic N) is 2. The first kappa shape index (κ1) is 13.7. The van der Waals surface area contributed by atoms with Crippen molar-refractivity contribution in [3.8, 4) is 0 Å². The number of rotatable bonds is 3. The first-order chi connectivity index (χ1) is 10.2. The number of amides is 1. The molecule has 1 aromatic heterocycles. The van der Waals surface area contributed by atoms with Crippen molar-refractivity contribution in [2.75, 3.05) is 0 Å². The van der Waals surface area contributed by atoms with Crippen LogP contribution in [0.25, 0.3) is 0 Å². The molecule has 1 aliphatic rings. The predicted molar refractivity (Wildman–Crippen MR) is 76.0 cm³/mol. The summed E-state index contributed by atoms with van der Waals surface area (Å²) in [4.78, 5) is 20.3. The average molecular weight is 285 g/mol. The Labute approximate surface area is 122 Å². The van der Waals surface area contributed by atoms with Gasteiger partial charge in [-0.05, 0) is 30.5 Å². The fourth-order valence-corrected chi connectivity index (χ4v) is 2.93. The quantitative estimate of drug-likeness (QED) is 0.943. The number of benzene rings is 1. The molecule has 1 saturated carbocycles. The fourth-order valence-electron chi connectivity index (χ4n) is 2.93. The molecule has 0 atom stereocenters. The highest BCUT2D eigenvalue weighted by molar-refractivity contribution is 5.92. The predicted octanol–water partition coefficient (Wildman–Crippen LogP) is 2.82. The Kier molecular flexibility index (Phi) is 3.64. The third-order valence-electron chi connectivity index (χ3n) is 4.00. The van der Waals surface area contributed by atoms with Crippen LogP contribution < -0.4 is 5.32 Å². The zero-order chi connectivity index (χ0) is 14.7. The first-order valence-electron chi connectivity index (χ1n) is 7.04. The van der Waals surface area contributed by atoms with Gasteiger partial charge in [-0.1, -0.05) is 25.0 Å². The monoisotopic (exact) mass is 285 g/mol. The number of halogens is 1. The van der Waals surface area contributed by atoms with E-state index in [1.165, 1.54) is 30.7 Å². The van der Waals surface area contributed by atoms with Crippen molar-refractivity contribution in [2.24, 2.45) is 0 Å². The van der Waals surface area contributed by atoms with E-state index in [1.807, 2.05) is 0 Å². The summed E-state index contributed by atoms with van der Waals surface area (Å²) in [5, 5.41) is 3.08. The van der Waals surface area contributed by atoms with Crippen molar-refractivity contribution in [1.82, 2.24) is 15.3 Å². The molecule has 1 aliphatic carbocycles. The van der Waals surface area contributed by atoms with Crippen molar-refractivity contribution in [2.45, 2.75) is 31.2 Å². The number of carbonyl (C=O) groups excluding carboxylic acids is 1. The van der Waals surface area contributed by atoms with Crippen molar-refractivity contribution in [1.29, 1.82) is 0 Å². The van der Waals surface area contributed by atoms with Crippen LogP contribution in [0.3, 0.4) is 0 Å². The summed E-state index contributed by atoms with van der Waals surface area (Å²) in [6.07, 6.45) is 8.25. The molecule has 0 radical (unpaired) electrons. The van der Waals surface area contributed by atoms with Gasteiger partial charge in [-0.2, -0.15) is 0 Å². The lowest BCUT2D eigenvalue weighted by molar-refractivity contribution is 0.0892. The minimum Gasteiger partial charge on any atom is -0.341 e. The van der Waals surface area contributed by atoms with E-state index in [2.05, 4.69) is 15.3 Å². The van der Waals surface area contributed by atoms with Crippen LogP contribution in [0.2, 0.25) is 0 Å². The van der Waals surface area contributed by atoms with Gasteiger partial charge in [0.25, 0.3) is 5.91 Å². The molecular formula is C16H16FN3O. The van der Waals surface area contributed by atoms with E-state index >= 15 is 0 Å². The summed E-state index contributed by atoms with van der Waals surface area (Å²) >= 11 is 0. The highest BCUT2D eigenvalue weighted by Crippen LogP contribution is 2.38. The molecule has 2 aromatic rings. The second-order valence-corrected chi connectivity index (χ2v) is 5.34. The Morgan fingerprint density at radius 3 is 2.48 bits per heavy atom. The highest BCUT2D eigenvalue weighted by atomic mass is 19.1. The lowest BCUT2D eigenvalue weighted by Crippen LogP contribution is -2.44. The molecule has 1 heterocycles. The SMILES string of the molecule is O=C(NC1(c2ccc(F)cc2)CCCC1)c1cnccn1. The number of hydrogen-bond acceptors (Lipinski definition) is 3. The van der Waals surface area contributed by atoms with Gasteiger partial charge in [-0.25, -0.2) is 9.37 Å². The summed E-state index contributed by atoms with van der Waals surface area (Å²) in [6.45, 7) is 0. The Hall–Kier alpha value is -2.30. The zero-order valence-electron chi connectivity index (χ0n) is 11.6. The molecule has 3 rings (SSSR count). The van der Waals surface area contributed by atoms with Crippen LogP contribution in [-0.2, 0) is 5.54 Å². The molecular weight excluding hydrogens is 269 g/mol. The third kappa shape index (κ3) is 2.77. The van der Waals surface area contributed by atoms with Gasteiger partial charge in [0.05, 0.1) is 11.7 Å². The summed E-state index contributed by atoms with van der Waals surface area (Å²) in [5.74, 6) is -0.513. The maximum Gasteiger partial charge on any atom is 0.272 e. The van der Waals surface area contributed by atoms with Crippen molar-refractivity contribution < 1.29 is 9.18 Å². The molecule has 0 aliphatic heterocycles. The number of hydrogen-bond donors (Lipinski definition) is 1. The molecule has 4 nitrogen and oxygen atoms in total. The maximum absolute atomic E-state index is 13.1. The minimum atomic E-state index is -0.428. The van der Waals surface area contributed by atoms with Gasteiger partial charge in [-0.3, -0.25) is 9.78 Å². The Bertz CT molecular complexity index is 622. The number of carbonyl (C=O) groups is 1. The van der Waals surface area contributed by atoms with Crippen LogP contribution in [0.1, 0.15) is 41.7 Å². The van der Waals surface area contributed by atoms with E-state index < -0.39 is 5.54 Å². The van der Waals surface area contributed by atoms with Gasteiger partial charge in [-0.15, -0.1) is 0 Å². The summed E-state index contributed by atoms with van der Waals surface area (Å²) in [5.41, 5.74) is 0.812. The normalized spacial score (nSPS) is 16.6. The Morgan fingerprint density at radius 1 is 1.14 bits per heavy atom. The van der Waals surface area contributed by atoms with Crippen molar-refractivity contribution >= 4 is 5.91 Å². The molecule has 1 N–H and O–H groups in total. The van der Waals surface area contributed by atoms with Gasteiger partial charge in [0.1, 0.15) is 11.5 Å². The van der Waals surface area contributed by atoms with Gasteiger partial charge in [0, 0.05) is 12.4 Å². The second kappa shape index (κ2) is 5.60. The van der Waals surface area contributed by atoms with E-state index in [9.17, 15) is 9.18 Å². The van der Waals surface area contributed by atoms with E-state index in [0.717, 1.165) is 31.2 Å². The lowest BCUT2D eigenvalue weighted by Gasteiger charge is -2.31. The van der Waals surface area contributed by atoms with Gasteiger partial charge in [0.15, 0.2) is 0 Å². The molecule has 0 unspecified atom stereocenters. The molecule has 0 spiro atoms. The number of nitrogens with one attached hydrogen (secondary N) is 1. The molecule has 21 heavy (non-hydrogen) atoms. The van der Waals surface area contributed by atoms with Crippen LogP contribution >= 0.6 is 0 Å². The van der Waals surface area contributed by atoms with E-state index in [4.69, 9.17) is 0 Å². The van der Waals surface area contributed by atoms with Crippen molar-refractivity contribution in [3.05, 3.63) is 59.9 Å². The smallest absolute Gasteiger partial charge is 0.272 e. The van der Waals surface area contributed by atoms with E-state index in [1.54, 1.807) is 12.1 Å². The Balaban J connectivity index is 1.88. The minimum absolute atomic E-state index is 0.241. The van der Waals surface area contributed by atoms with Crippen molar-refractivity contribution in [3.63, 3.8) is 0 Å². The van der Waals surface area contributed by atoms with Gasteiger partial charge < -0.3 is 5.32 Å². The lowest BCUT2D eigenvalue weighted by atomic mass is 9.88. The average Bonchev–Trinajstić information content (AvgIpc) is 2.98. The van der Waals surface area contributed by atoms with Gasteiger partial charge in [0.2, 0.25) is 0 Å². The molecule has 0 bridgehead atoms. The standard InChI is InChI=1S/C16H16FN3O/c17-13-5-3-12(4-6-13)16(7-1-2-8-16)20-15(21)14-11-18-9-10-19-14/h3-6,9-11H,1-2,7-8H2,(H,20,21). The zero-order valence-corrected chi connectivity index (χ0v) is 11.6. The highest BCUT2D eigenvalue weighted by Gasteiger charge is 2.37. The summed E-state index contributed by atoms with van der Waals surface area (Å²) in [6, 6.07) is 6.36. The van der Waals surface area contributed by atoms with Crippen LogP contribution in [0.4, 0.5) is 4.39 Å². The molecule has 5 heteroatoms. The van der Waals surface area contributed by atoms with E-state index in [0.29, 0.717) is 5.69 Å². The number of aromatic nitrogens is 2. The largest absolute Gasteiger partial charge is 0.341 e. The molecule has 108 valence electrons. The Morgan fingerprint density at radius 2 is 1.86 bits per heavy atom. The van der Waals surface area contributed by atoms with Crippen LogP contribution in [0, 0.1) is 5.82 Å². The van der Waals surface area contributed by atoms with Gasteiger partial charge >= 0.3 is 0 Å². The van der Waals surface area contributed by atoms with Crippen LogP contribution in [0.15, 0.2) is 42.9 Å². The summed E-state index contributed by atoms with van der Waals surface area (Å²) in [7, 11) is 0. The van der Waals surface area contributed by atoms with Crippen LogP contribution in [0.5, 0.6) is 0 Å². The fraction of sp³-hybridized carbons (Fsp3) is 0.312. The molecule has 0 saturated heterocycles. The second-order valence-electron chi connectivity index (χ2n) is 5.34. The van der Waals surface area contributed by atoms with Crippen LogP contribution in [-0.4, -0.2) is 15.9 Å².